The second-order valence-corrected chi connectivity index (χ2v) is 8.07. The maximum absolute atomic E-state index is 12.7. The normalized spacial score (nSPS) is 25.5. The van der Waals surface area contributed by atoms with E-state index in [4.69, 9.17) is 0 Å². The molecular formula is C13H27N3O2S. The van der Waals surface area contributed by atoms with Crippen LogP contribution in [-0.2, 0) is 10.2 Å². The summed E-state index contributed by atoms with van der Waals surface area (Å²) < 4.78 is 28.6. The third kappa shape index (κ3) is 3.68. The molecule has 2 rings (SSSR count). The quantitative estimate of drug-likeness (QED) is 0.795. The van der Waals surface area contributed by atoms with Gasteiger partial charge in [-0.2, -0.15) is 17.0 Å². The number of hydrogen-bond donors (Lipinski definition) is 1. The Balaban J connectivity index is 2.06. The molecule has 1 unspecified atom stereocenters. The predicted octanol–water partition coefficient (Wildman–Crippen LogP) is 1.04. The van der Waals surface area contributed by atoms with Crippen molar-refractivity contribution < 1.29 is 8.42 Å². The van der Waals surface area contributed by atoms with Crippen molar-refractivity contribution in [3.63, 3.8) is 0 Å². The molecule has 5 nitrogen and oxygen atoms in total. The van der Waals surface area contributed by atoms with Gasteiger partial charge in [0.15, 0.2) is 0 Å². The number of hydrogen-bond acceptors (Lipinski definition) is 3. The molecule has 1 N–H and O–H groups in total. The fraction of sp³-hybridized carbons (Fsp3) is 1.00. The van der Waals surface area contributed by atoms with Crippen molar-refractivity contribution in [1.29, 1.82) is 0 Å². The number of nitrogens with zero attached hydrogens (tertiary/aromatic N) is 2. The summed E-state index contributed by atoms with van der Waals surface area (Å²) in [5, 5.41) is 3.37. The SMILES string of the molecule is CC(C)N(C)S(=O)(=O)N(CC1CCCNC1)C1CC1. The van der Waals surface area contributed by atoms with Gasteiger partial charge in [-0.3, -0.25) is 0 Å². The molecule has 1 aliphatic carbocycles. The minimum atomic E-state index is -3.30. The van der Waals surface area contributed by atoms with E-state index in [9.17, 15) is 8.42 Å². The summed E-state index contributed by atoms with van der Waals surface area (Å²) in [6, 6.07) is 0.254. The van der Waals surface area contributed by atoms with Crippen LogP contribution in [-0.4, -0.2) is 55.8 Å². The first-order valence-electron chi connectivity index (χ1n) is 7.38. The molecule has 1 heterocycles. The largest absolute Gasteiger partial charge is 0.316 e. The molecule has 1 atom stereocenters. The number of nitrogens with one attached hydrogen (secondary N) is 1. The van der Waals surface area contributed by atoms with E-state index in [1.165, 1.54) is 4.31 Å². The molecule has 2 aliphatic rings. The minimum absolute atomic E-state index is 0.00994. The highest BCUT2D eigenvalue weighted by atomic mass is 32.2. The molecule has 0 aromatic carbocycles. The Morgan fingerprint density at radius 2 is 1.95 bits per heavy atom. The van der Waals surface area contributed by atoms with E-state index in [2.05, 4.69) is 5.32 Å². The molecule has 1 saturated heterocycles. The van der Waals surface area contributed by atoms with Crippen molar-refractivity contribution in [2.24, 2.45) is 5.92 Å². The summed E-state index contributed by atoms with van der Waals surface area (Å²) in [4.78, 5) is 0. The van der Waals surface area contributed by atoms with Crippen LogP contribution in [0.2, 0.25) is 0 Å². The van der Waals surface area contributed by atoms with E-state index in [-0.39, 0.29) is 12.1 Å². The van der Waals surface area contributed by atoms with Gasteiger partial charge in [-0.15, -0.1) is 0 Å². The van der Waals surface area contributed by atoms with Crippen molar-refractivity contribution in [3.05, 3.63) is 0 Å². The maximum Gasteiger partial charge on any atom is 0.282 e. The van der Waals surface area contributed by atoms with Crippen molar-refractivity contribution in [2.75, 3.05) is 26.7 Å². The lowest BCUT2D eigenvalue weighted by molar-refractivity contribution is 0.265. The van der Waals surface area contributed by atoms with Gasteiger partial charge in [0.1, 0.15) is 0 Å². The third-order valence-corrected chi connectivity index (χ3v) is 6.37. The molecule has 0 bridgehead atoms. The van der Waals surface area contributed by atoms with E-state index < -0.39 is 10.2 Å². The van der Waals surface area contributed by atoms with Crippen LogP contribution in [0.5, 0.6) is 0 Å². The zero-order chi connectivity index (χ0) is 14.0. The molecule has 6 heteroatoms. The zero-order valence-electron chi connectivity index (χ0n) is 12.3. The molecule has 0 aromatic heterocycles. The van der Waals surface area contributed by atoms with Gasteiger partial charge >= 0.3 is 0 Å². The Hall–Kier alpha value is -0.170. The van der Waals surface area contributed by atoms with Crippen LogP contribution in [0.25, 0.3) is 0 Å². The predicted molar refractivity (Wildman–Crippen MR) is 77.1 cm³/mol. The first-order chi connectivity index (χ1) is 8.93. The highest BCUT2D eigenvalue weighted by Crippen LogP contribution is 2.32. The average Bonchev–Trinajstić information content (AvgIpc) is 3.20. The Labute approximate surface area is 117 Å². The Morgan fingerprint density at radius 1 is 1.26 bits per heavy atom. The van der Waals surface area contributed by atoms with E-state index in [1.54, 1.807) is 11.4 Å². The van der Waals surface area contributed by atoms with Crippen molar-refractivity contribution >= 4 is 10.2 Å². The number of piperidine rings is 1. The highest BCUT2D eigenvalue weighted by molar-refractivity contribution is 7.86. The summed E-state index contributed by atoms with van der Waals surface area (Å²) in [7, 11) is -1.61. The molecular weight excluding hydrogens is 262 g/mol. The van der Waals surface area contributed by atoms with Gasteiger partial charge in [-0.05, 0) is 58.5 Å². The summed E-state index contributed by atoms with van der Waals surface area (Å²) in [6.07, 6.45) is 4.33. The van der Waals surface area contributed by atoms with E-state index in [0.717, 1.165) is 38.8 Å². The van der Waals surface area contributed by atoms with Crippen LogP contribution >= 0.6 is 0 Å². The average molecular weight is 289 g/mol. The van der Waals surface area contributed by atoms with Crippen LogP contribution < -0.4 is 5.32 Å². The van der Waals surface area contributed by atoms with Crippen LogP contribution in [0.3, 0.4) is 0 Å². The van der Waals surface area contributed by atoms with Gasteiger partial charge in [0.05, 0.1) is 0 Å². The van der Waals surface area contributed by atoms with Crippen LogP contribution in [0.4, 0.5) is 0 Å². The third-order valence-electron chi connectivity index (χ3n) is 4.18. The molecule has 112 valence electrons. The fourth-order valence-corrected chi connectivity index (χ4v) is 4.41. The molecule has 2 fully saturated rings. The smallest absolute Gasteiger partial charge is 0.282 e. The van der Waals surface area contributed by atoms with Crippen molar-refractivity contribution in [1.82, 2.24) is 13.9 Å². The molecule has 0 radical (unpaired) electrons. The molecule has 1 aliphatic heterocycles. The lowest BCUT2D eigenvalue weighted by atomic mass is 10.00. The maximum atomic E-state index is 12.7. The second-order valence-electron chi connectivity index (χ2n) is 6.13. The summed E-state index contributed by atoms with van der Waals surface area (Å²) in [5.41, 5.74) is 0. The lowest BCUT2D eigenvalue weighted by Gasteiger charge is -2.33. The van der Waals surface area contributed by atoms with Gasteiger partial charge in [-0.1, -0.05) is 0 Å². The van der Waals surface area contributed by atoms with E-state index in [0.29, 0.717) is 12.5 Å². The van der Waals surface area contributed by atoms with Gasteiger partial charge in [0.25, 0.3) is 10.2 Å². The Morgan fingerprint density at radius 3 is 2.42 bits per heavy atom. The van der Waals surface area contributed by atoms with Gasteiger partial charge in [-0.25, -0.2) is 0 Å². The highest BCUT2D eigenvalue weighted by Gasteiger charge is 2.40. The fourth-order valence-electron chi connectivity index (χ4n) is 2.56. The van der Waals surface area contributed by atoms with Crippen LogP contribution in [0.1, 0.15) is 39.5 Å². The van der Waals surface area contributed by atoms with Crippen LogP contribution in [0, 0.1) is 5.92 Å². The van der Waals surface area contributed by atoms with Gasteiger partial charge < -0.3 is 5.32 Å². The first kappa shape index (κ1) is 15.2. The van der Waals surface area contributed by atoms with Crippen molar-refractivity contribution in [3.8, 4) is 0 Å². The zero-order valence-corrected chi connectivity index (χ0v) is 13.1. The first-order valence-corrected chi connectivity index (χ1v) is 8.78. The Kier molecular flexibility index (Phi) is 4.87. The standard InChI is InChI=1S/C13H27N3O2S/c1-11(2)15(3)19(17,18)16(13-6-7-13)10-12-5-4-8-14-9-12/h11-14H,4-10H2,1-3H3. The van der Waals surface area contributed by atoms with E-state index >= 15 is 0 Å². The Bertz CT molecular complexity index is 387. The summed E-state index contributed by atoms with van der Waals surface area (Å²) in [6.45, 7) is 6.54. The lowest BCUT2D eigenvalue weighted by Crippen LogP contribution is -2.49. The van der Waals surface area contributed by atoms with Gasteiger partial charge in [0.2, 0.25) is 0 Å². The molecule has 1 saturated carbocycles. The second kappa shape index (κ2) is 6.08. The molecule has 0 amide bonds. The molecule has 19 heavy (non-hydrogen) atoms. The van der Waals surface area contributed by atoms with E-state index in [1.807, 2.05) is 13.8 Å². The molecule has 0 aromatic rings. The number of rotatable bonds is 6. The minimum Gasteiger partial charge on any atom is -0.316 e. The van der Waals surface area contributed by atoms with Gasteiger partial charge in [0, 0.05) is 25.7 Å². The summed E-state index contributed by atoms with van der Waals surface area (Å²) in [5.74, 6) is 0.463. The summed E-state index contributed by atoms with van der Waals surface area (Å²) >= 11 is 0. The topological polar surface area (TPSA) is 52.7 Å². The molecule has 0 spiro atoms. The van der Waals surface area contributed by atoms with Crippen molar-refractivity contribution in [2.45, 2.75) is 51.6 Å². The monoisotopic (exact) mass is 289 g/mol. The van der Waals surface area contributed by atoms with Crippen LogP contribution in [0.15, 0.2) is 0 Å².